The van der Waals surface area contributed by atoms with Crippen molar-refractivity contribution in [3.63, 3.8) is 0 Å². The second-order valence-corrected chi connectivity index (χ2v) is 8.37. The summed E-state index contributed by atoms with van der Waals surface area (Å²) in [5.74, 6) is 0.923. The molecule has 0 atom stereocenters. The fourth-order valence-electron chi connectivity index (χ4n) is 3.91. The second kappa shape index (κ2) is 9.62. The lowest BCUT2D eigenvalue weighted by atomic mass is 10.0. The Kier molecular flexibility index (Phi) is 6.70. The molecular formula is C25H28ClNO2. The number of piperidine rings is 1. The molecular weight excluding hydrogens is 382 g/mol. The van der Waals surface area contributed by atoms with E-state index in [9.17, 15) is 5.11 Å². The van der Waals surface area contributed by atoms with Crippen LogP contribution in [-0.4, -0.2) is 35.8 Å². The van der Waals surface area contributed by atoms with Gasteiger partial charge in [0.15, 0.2) is 0 Å². The van der Waals surface area contributed by atoms with Crippen LogP contribution in [0.1, 0.15) is 30.4 Å². The average molecular weight is 410 g/mol. The van der Waals surface area contributed by atoms with E-state index in [1.807, 2.05) is 12.1 Å². The molecule has 152 valence electrons. The highest BCUT2D eigenvalue weighted by Gasteiger charge is 2.16. The van der Waals surface area contributed by atoms with Crippen molar-refractivity contribution in [1.82, 2.24) is 4.90 Å². The minimum absolute atomic E-state index is 0.118. The Morgan fingerprint density at radius 3 is 2.38 bits per heavy atom. The Hall–Kier alpha value is -2.07. The molecule has 3 aromatic carbocycles. The Balaban J connectivity index is 1.30. The predicted molar refractivity (Wildman–Crippen MR) is 120 cm³/mol. The second-order valence-electron chi connectivity index (χ2n) is 7.93. The number of aryl methyl sites for hydroxylation is 1. The molecule has 1 aliphatic rings. The van der Waals surface area contributed by atoms with Gasteiger partial charge in [0.05, 0.1) is 12.7 Å². The zero-order valence-electron chi connectivity index (χ0n) is 16.7. The summed E-state index contributed by atoms with van der Waals surface area (Å²) in [4.78, 5) is 2.42. The van der Waals surface area contributed by atoms with Crippen LogP contribution < -0.4 is 4.74 Å². The van der Waals surface area contributed by atoms with Crippen molar-refractivity contribution in [2.75, 3.05) is 19.7 Å². The maximum absolute atomic E-state index is 9.66. The number of aliphatic hydroxyl groups excluding tert-OH is 1. The summed E-state index contributed by atoms with van der Waals surface area (Å²) in [6.45, 7) is 3.60. The lowest BCUT2D eigenvalue weighted by Gasteiger charge is -2.29. The summed E-state index contributed by atoms with van der Waals surface area (Å²) < 4.78 is 5.96. The van der Waals surface area contributed by atoms with Crippen molar-refractivity contribution in [2.45, 2.75) is 38.3 Å². The Morgan fingerprint density at radius 2 is 1.59 bits per heavy atom. The standard InChI is InChI=1S/C25H28ClNO2/c26-23-8-4-19(5-9-23)2-1-15-29-25-10-7-21-16-20(3-6-22(21)17-25)18-27-13-11-24(28)12-14-27/h3-10,16-17,24,28H,1-2,11-15,18H2. The van der Waals surface area contributed by atoms with E-state index in [-0.39, 0.29) is 6.10 Å². The van der Waals surface area contributed by atoms with E-state index in [1.165, 1.54) is 21.9 Å². The number of hydrogen-bond donors (Lipinski definition) is 1. The molecule has 0 saturated carbocycles. The van der Waals surface area contributed by atoms with Crippen LogP contribution in [0.3, 0.4) is 0 Å². The smallest absolute Gasteiger partial charge is 0.119 e. The van der Waals surface area contributed by atoms with Crippen LogP contribution in [-0.2, 0) is 13.0 Å². The molecule has 0 amide bonds. The molecule has 0 spiro atoms. The van der Waals surface area contributed by atoms with Gasteiger partial charge >= 0.3 is 0 Å². The minimum atomic E-state index is -0.118. The highest BCUT2D eigenvalue weighted by molar-refractivity contribution is 6.30. The first-order valence-electron chi connectivity index (χ1n) is 10.5. The first-order valence-corrected chi connectivity index (χ1v) is 10.8. The highest BCUT2D eigenvalue weighted by Crippen LogP contribution is 2.24. The summed E-state index contributed by atoms with van der Waals surface area (Å²) in [7, 11) is 0. The first-order chi connectivity index (χ1) is 14.2. The van der Waals surface area contributed by atoms with Crippen LogP contribution in [0.4, 0.5) is 0 Å². The van der Waals surface area contributed by atoms with E-state index in [4.69, 9.17) is 16.3 Å². The number of rotatable bonds is 7. The van der Waals surface area contributed by atoms with Gasteiger partial charge in [-0.05, 0) is 77.9 Å². The number of ether oxygens (including phenoxy) is 1. The van der Waals surface area contributed by atoms with Gasteiger partial charge in [0.1, 0.15) is 5.75 Å². The number of halogens is 1. The molecule has 0 radical (unpaired) electrons. The molecule has 1 N–H and O–H groups in total. The van der Waals surface area contributed by atoms with Crippen molar-refractivity contribution >= 4 is 22.4 Å². The Bertz CT molecular complexity index is 933. The van der Waals surface area contributed by atoms with Gasteiger partial charge in [-0.2, -0.15) is 0 Å². The van der Waals surface area contributed by atoms with E-state index in [0.29, 0.717) is 6.61 Å². The van der Waals surface area contributed by atoms with E-state index < -0.39 is 0 Å². The van der Waals surface area contributed by atoms with Gasteiger partial charge in [0.2, 0.25) is 0 Å². The molecule has 0 unspecified atom stereocenters. The van der Waals surface area contributed by atoms with Gasteiger partial charge in [0, 0.05) is 24.7 Å². The predicted octanol–water partition coefficient (Wildman–Crippen LogP) is 5.46. The fraction of sp³-hybridized carbons (Fsp3) is 0.360. The zero-order valence-corrected chi connectivity index (χ0v) is 17.4. The van der Waals surface area contributed by atoms with Gasteiger partial charge in [-0.15, -0.1) is 0 Å². The fourth-order valence-corrected chi connectivity index (χ4v) is 4.04. The molecule has 3 aromatic rings. The highest BCUT2D eigenvalue weighted by atomic mass is 35.5. The number of nitrogens with zero attached hydrogens (tertiary/aromatic N) is 1. The summed E-state index contributed by atoms with van der Waals surface area (Å²) >= 11 is 5.93. The van der Waals surface area contributed by atoms with Gasteiger partial charge < -0.3 is 9.84 Å². The molecule has 1 heterocycles. The molecule has 1 fully saturated rings. The maximum atomic E-state index is 9.66. The van der Waals surface area contributed by atoms with Crippen molar-refractivity contribution in [1.29, 1.82) is 0 Å². The van der Waals surface area contributed by atoms with Crippen molar-refractivity contribution in [2.24, 2.45) is 0 Å². The molecule has 0 aliphatic carbocycles. The third-order valence-electron chi connectivity index (χ3n) is 5.63. The summed E-state index contributed by atoms with van der Waals surface area (Å²) in [5, 5.41) is 12.9. The average Bonchev–Trinajstić information content (AvgIpc) is 2.74. The van der Waals surface area contributed by atoms with Crippen LogP contribution in [0.2, 0.25) is 5.02 Å². The first kappa shape index (κ1) is 20.2. The number of fused-ring (bicyclic) bond motifs is 1. The molecule has 4 rings (SSSR count). The van der Waals surface area contributed by atoms with Gasteiger partial charge in [-0.1, -0.05) is 41.9 Å². The lowest BCUT2D eigenvalue weighted by Crippen LogP contribution is -2.35. The molecule has 0 bridgehead atoms. The van der Waals surface area contributed by atoms with Crippen LogP contribution in [0.15, 0.2) is 60.7 Å². The molecule has 4 heteroatoms. The van der Waals surface area contributed by atoms with Crippen LogP contribution >= 0.6 is 11.6 Å². The Morgan fingerprint density at radius 1 is 0.897 bits per heavy atom. The number of aliphatic hydroxyl groups is 1. The molecule has 1 saturated heterocycles. The molecule has 29 heavy (non-hydrogen) atoms. The van der Waals surface area contributed by atoms with Gasteiger partial charge in [0.25, 0.3) is 0 Å². The summed E-state index contributed by atoms with van der Waals surface area (Å²) in [6.07, 6.45) is 3.61. The molecule has 1 aliphatic heterocycles. The molecule has 3 nitrogen and oxygen atoms in total. The van der Waals surface area contributed by atoms with Crippen LogP contribution in [0, 0.1) is 0 Å². The quantitative estimate of drug-likeness (QED) is 0.526. The lowest BCUT2D eigenvalue weighted by molar-refractivity contribution is 0.0792. The van der Waals surface area contributed by atoms with E-state index in [0.717, 1.165) is 56.1 Å². The monoisotopic (exact) mass is 409 g/mol. The molecule has 0 aromatic heterocycles. The largest absolute Gasteiger partial charge is 0.494 e. The van der Waals surface area contributed by atoms with E-state index in [1.54, 1.807) is 0 Å². The number of likely N-dealkylation sites (tertiary alicyclic amines) is 1. The van der Waals surface area contributed by atoms with Crippen LogP contribution in [0.5, 0.6) is 5.75 Å². The van der Waals surface area contributed by atoms with Gasteiger partial charge in [-0.25, -0.2) is 0 Å². The zero-order chi connectivity index (χ0) is 20.1. The van der Waals surface area contributed by atoms with E-state index in [2.05, 4.69) is 53.4 Å². The number of hydrogen-bond acceptors (Lipinski definition) is 3. The topological polar surface area (TPSA) is 32.7 Å². The summed E-state index contributed by atoms with van der Waals surface area (Å²) in [6, 6.07) is 21.0. The van der Waals surface area contributed by atoms with Crippen molar-refractivity contribution in [3.8, 4) is 5.75 Å². The Labute approximate surface area is 177 Å². The summed E-state index contributed by atoms with van der Waals surface area (Å²) in [5.41, 5.74) is 2.61. The third-order valence-corrected chi connectivity index (χ3v) is 5.88. The minimum Gasteiger partial charge on any atom is -0.494 e. The van der Waals surface area contributed by atoms with Crippen molar-refractivity contribution in [3.05, 3.63) is 76.8 Å². The van der Waals surface area contributed by atoms with E-state index >= 15 is 0 Å². The number of benzene rings is 3. The van der Waals surface area contributed by atoms with Gasteiger partial charge in [-0.3, -0.25) is 4.90 Å². The normalized spacial score (nSPS) is 15.7. The van der Waals surface area contributed by atoms with Crippen molar-refractivity contribution < 1.29 is 9.84 Å². The SMILES string of the molecule is OC1CCN(Cc2ccc3cc(OCCCc4ccc(Cl)cc4)ccc3c2)CC1. The third kappa shape index (κ3) is 5.72. The maximum Gasteiger partial charge on any atom is 0.119 e. The van der Waals surface area contributed by atoms with Crippen LogP contribution in [0.25, 0.3) is 10.8 Å².